The third-order valence-electron chi connectivity index (χ3n) is 6.39. The molecule has 11 heteroatoms. The van der Waals surface area contributed by atoms with E-state index in [2.05, 4.69) is 16.4 Å². The summed E-state index contributed by atoms with van der Waals surface area (Å²) in [5, 5.41) is 21.0. The summed E-state index contributed by atoms with van der Waals surface area (Å²) in [7, 11) is 0. The van der Waals surface area contributed by atoms with E-state index in [4.69, 9.17) is 22.7 Å². The van der Waals surface area contributed by atoms with Gasteiger partial charge in [-0.25, -0.2) is 4.79 Å². The molecular formula is C30H36ClF3N6O. The summed E-state index contributed by atoms with van der Waals surface area (Å²) in [5.41, 5.74) is 10.0. The first-order chi connectivity index (χ1) is 19.5. The van der Waals surface area contributed by atoms with Gasteiger partial charge in [-0.05, 0) is 37.0 Å². The SMILES string of the molecule is CC.Cc1ccc(C(=N)N(CCC(F)(F)F)C(=O)NC/C(N)=C2\CCC(C#N)CC2=NCc2ccccc2Cl)cc1. The summed E-state index contributed by atoms with van der Waals surface area (Å²) in [6.45, 7) is 5.26. The van der Waals surface area contributed by atoms with Gasteiger partial charge in [-0.15, -0.1) is 0 Å². The summed E-state index contributed by atoms with van der Waals surface area (Å²) < 4.78 is 38.9. The summed E-state index contributed by atoms with van der Waals surface area (Å²) in [4.78, 5) is 18.4. The Kier molecular flexibility index (Phi) is 12.9. The summed E-state index contributed by atoms with van der Waals surface area (Å²) in [6.07, 6.45) is -4.33. The first kappa shape index (κ1) is 33.4. The third kappa shape index (κ3) is 10.3. The van der Waals surface area contributed by atoms with E-state index in [1.807, 2.05) is 39.0 Å². The molecule has 0 heterocycles. The predicted molar refractivity (Wildman–Crippen MR) is 157 cm³/mol. The average molecular weight is 589 g/mol. The third-order valence-corrected chi connectivity index (χ3v) is 6.76. The predicted octanol–water partition coefficient (Wildman–Crippen LogP) is 7.14. The average Bonchev–Trinajstić information content (AvgIpc) is 2.96. The number of amides is 2. The normalized spacial score (nSPS) is 17.1. The number of amidine groups is 1. The number of nitriles is 1. The molecule has 0 aromatic heterocycles. The van der Waals surface area contributed by atoms with Crippen molar-refractivity contribution in [3.63, 3.8) is 0 Å². The molecule has 1 aliphatic rings. The highest BCUT2D eigenvalue weighted by atomic mass is 35.5. The van der Waals surface area contributed by atoms with E-state index in [0.29, 0.717) is 46.8 Å². The lowest BCUT2D eigenvalue weighted by atomic mass is 9.84. The van der Waals surface area contributed by atoms with Crippen molar-refractivity contribution < 1.29 is 18.0 Å². The van der Waals surface area contributed by atoms with Crippen LogP contribution in [0.2, 0.25) is 5.02 Å². The van der Waals surface area contributed by atoms with Gasteiger partial charge in [0, 0.05) is 35.0 Å². The zero-order valence-electron chi connectivity index (χ0n) is 23.5. The first-order valence-electron chi connectivity index (χ1n) is 13.4. The second kappa shape index (κ2) is 15.8. The molecule has 1 unspecified atom stereocenters. The standard InChI is InChI=1S/C28H30ClF3N6O.C2H6/c1-18-6-9-20(10-7-18)26(35)38(13-12-28(30,31)32)27(39)37-17-24(34)22-11-8-19(15-33)14-25(22)36-16-21-4-2-3-5-23(21)29;1-2/h2-7,9-10,19,35H,8,11-14,16-17,34H2,1H3,(H,37,39);1-2H3/b24-22-,35-26?,36-25?;. The zero-order valence-corrected chi connectivity index (χ0v) is 24.2. The van der Waals surface area contributed by atoms with E-state index in [-0.39, 0.29) is 24.8 Å². The second-order valence-corrected chi connectivity index (χ2v) is 9.72. The maximum absolute atomic E-state index is 13.0. The highest BCUT2D eigenvalue weighted by Crippen LogP contribution is 2.28. The molecular weight excluding hydrogens is 553 g/mol. The molecule has 0 bridgehead atoms. The van der Waals surface area contributed by atoms with Gasteiger partial charge in [-0.1, -0.05) is 73.5 Å². The highest BCUT2D eigenvalue weighted by molar-refractivity contribution is 6.31. The number of allylic oxidation sites excluding steroid dienone is 1. The number of aryl methyl sites for hydroxylation is 1. The molecule has 2 aromatic carbocycles. The number of halogens is 4. The van der Waals surface area contributed by atoms with Crippen molar-refractivity contribution in [2.75, 3.05) is 13.1 Å². The van der Waals surface area contributed by atoms with Crippen LogP contribution in [0.3, 0.4) is 0 Å². The number of urea groups is 1. The van der Waals surface area contributed by atoms with Crippen molar-refractivity contribution in [1.82, 2.24) is 10.2 Å². The largest absolute Gasteiger partial charge is 0.400 e. The molecule has 1 aliphatic carbocycles. The molecule has 0 aliphatic heterocycles. The number of rotatable bonds is 7. The van der Waals surface area contributed by atoms with Crippen LogP contribution in [0.1, 0.15) is 56.2 Å². The molecule has 2 amide bonds. The quantitative estimate of drug-likeness (QED) is 0.235. The number of alkyl halides is 3. The maximum atomic E-state index is 13.0. The Hall–Kier alpha value is -3.84. The van der Waals surface area contributed by atoms with Crippen LogP contribution in [0.15, 0.2) is 64.8 Å². The molecule has 2 aromatic rings. The molecule has 41 heavy (non-hydrogen) atoms. The molecule has 1 saturated carbocycles. The fourth-order valence-electron chi connectivity index (χ4n) is 4.14. The molecule has 3 rings (SSSR count). The first-order valence-corrected chi connectivity index (χ1v) is 13.8. The van der Waals surface area contributed by atoms with Crippen LogP contribution in [0.5, 0.6) is 0 Å². The van der Waals surface area contributed by atoms with Crippen LogP contribution in [0, 0.1) is 29.6 Å². The van der Waals surface area contributed by atoms with Crippen LogP contribution in [-0.4, -0.2) is 41.7 Å². The number of nitrogens with zero attached hydrogens (tertiary/aromatic N) is 3. The summed E-state index contributed by atoms with van der Waals surface area (Å²) in [5.74, 6) is -0.575. The Morgan fingerprint density at radius 3 is 2.49 bits per heavy atom. The molecule has 0 saturated heterocycles. The van der Waals surface area contributed by atoms with Crippen molar-refractivity contribution in [2.24, 2.45) is 16.6 Å². The number of benzene rings is 2. The number of carbonyl (C=O) groups is 1. The van der Waals surface area contributed by atoms with Gasteiger partial charge in [0.05, 0.1) is 31.5 Å². The Morgan fingerprint density at radius 2 is 1.88 bits per heavy atom. The Bertz CT molecular complexity index is 1300. The Morgan fingerprint density at radius 1 is 1.22 bits per heavy atom. The van der Waals surface area contributed by atoms with E-state index < -0.39 is 25.2 Å². The van der Waals surface area contributed by atoms with Crippen LogP contribution >= 0.6 is 11.6 Å². The van der Waals surface area contributed by atoms with E-state index in [9.17, 15) is 23.2 Å². The van der Waals surface area contributed by atoms with Crippen LogP contribution < -0.4 is 11.1 Å². The fraction of sp³-hybridized carbons (Fsp3) is 0.400. The van der Waals surface area contributed by atoms with Crippen molar-refractivity contribution in [1.29, 1.82) is 10.7 Å². The number of aliphatic imine (C=N–C) groups is 1. The fourth-order valence-corrected chi connectivity index (χ4v) is 4.33. The second-order valence-electron chi connectivity index (χ2n) is 9.32. The van der Waals surface area contributed by atoms with Crippen molar-refractivity contribution in [2.45, 2.75) is 59.2 Å². The van der Waals surface area contributed by atoms with E-state index in [0.717, 1.165) is 16.0 Å². The minimum Gasteiger partial charge on any atom is -0.400 e. The van der Waals surface area contributed by atoms with E-state index >= 15 is 0 Å². The number of hydrogen-bond donors (Lipinski definition) is 3. The van der Waals surface area contributed by atoms with Crippen molar-refractivity contribution >= 4 is 29.2 Å². The van der Waals surface area contributed by atoms with Crippen molar-refractivity contribution in [3.8, 4) is 6.07 Å². The van der Waals surface area contributed by atoms with Gasteiger partial charge >= 0.3 is 12.2 Å². The lowest BCUT2D eigenvalue weighted by Gasteiger charge is -2.26. The van der Waals surface area contributed by atoms with Gasteiger partial charge < -0.3 is 11.1 Å². The molecule has 0 spiro atoms. The smallest absolute Gasteiger partial charge is 0.390 e. The number of nitrogens with one attached hydrogen (secondary N) is 2. The molecule has 1 atom stereocenters. The molecule has 0 radical (unpaired) electrons. The molecule has 7 nitrogen and oxygen atoms in total. The van der Waals surface area contributed by atoms with E-state index in [1.165, 1.54) is 0 Å². The number of nitrogens with two attached hydrogens (primary N) is 1. The van der Waals surface area contributed by atoms with Gasteiger partial charge in [-0.2, -0.15) is 18.4 Å². The van der Waals surface area contributed by atoms with Crippen LogP contribution in [0.25, 0.3) is 0 Å². The monoisotopic (exact) mass is 588 g/mol. The van der Waals surface area contributed by atoms with Gasteiger partial charge in [0.15, 0.2) is 0 Å². The minimum absolute atomic E-state index is 0.153. The zero-order chi connectivity index (χ0) is 30.6. The Balaban J connectivity index is 0.00000287. The van der Waals surface area contributed by atoms with Gasteiger partial charge in [0.2, 0.25) is 0 Å². The maximum Gasteiger partial charge on any atom is 0.390 e. The highest BCUT2D eigenvalue weighted by Gasteiger charge is 2.31. The Labute approximate surface area is 244 Å². The van der Waals surface area contributed by atoms with Gasteiger partial charge in [-0.3, -0.25) is 15.3 Å². The molecule has 220 valence electrons. The van der Waals surface area contributed by atoms with Crippen LogP contribution in [0.4, 0.5) is 18.0 Å². The number of carbonyl (C=O) groups excluding carboxylic acids is 1. The lowest BCUT2D eigenvalue weighted by molar-refractivity contribution is -0.135. The van der Waals surface area contributed by atoms with E-state index in [1.54, 1.807) is 30.3 Å². The summed E-state index contributed by atoms with van der Waals surface area (Å²) in [6, 6.07) is 15.3. The van der Waals surface area contributed by atoms with Gasteiger partial charge in [0.25, 0.3) is 0 Å². The van der Waals surface area contributed by atoms with Gasteiger partial charge in [0.1, 0.15) is 5.84 Å². The summed E-state index contributed by atoms with van der Waals surface area (Å²) >= 11 is 6.24. The molecule has 4 N–H and O–H groups in total. The lowest BCUT2D eigenvalue weighted by Crippen LogP contribution is -2.46. The topological polar surface area (TPSA) is 118 Å². The number of hydrogen-bond acceptors (Lipinski definition) is 5. The van der Waals surface area contributed by atoms with Crippen molar-refractivity contribution in [3.05, 3.63) is 81.5 Å². The van der Waals surface area contributed by atoms with Crippen LogP contribution in [-0.2, 0) is 6.54 Å². The minimum atomic E-state index is -4.50. The molecule has 1 fully saturated rings.